The number of halogens is 1. The van der Waals surface area contributed by atoms with Crippen molar-refractivity contribution in [2.24, 2.45) is 0 Å². The third kappa shape index (κ3) is 3.45. The number of nitrogens with zero attached hydrogens (tertiary/aromatic N) is 2. The van der Waals surface area contributed by atoms with E-state index in [0.29, 0.717) is 12.1 Å². The molecule has 1 fully saturated rings. The second-order valence-corrected chi connectivity index (χ2v) is 8.24. The van der Waals surface area contributed by atoms with E-state index in [1.165, 1.54) is 22.3 Å². The van der Waals surface area contributed by atoms with E-state index in [-0.39, 0.29) is 5.82 Å². The van der Waals surface area contributed by atoms with Gasteiger partial charge < -0.3 is 0 Å². The fraction of sp³-hybridized carbons (Fsp3) is 0.360. The lowest BCUT2D eigenvalue weighted by molar-refractivity contribution is 0.00696. The van der Waals surface area contributed by atoms with E-state index in [2.05, 4.69) is 58.4 Å². The van der Waals surface area contributed by atoms with Gasteiger partial charge in [0.1, 0.15) is 5.82 Å². The molecule has 144 valence electrons. The molecular weight excluding hydrogens is 347 g/mol. The zero-order chi connectivity index (χ0) is 18.9. The van der Waals surface area contributed by atoms with Crippen LogP contribution < -0.4 is 0 Å². The van der Waals surface area contributed by atoms with E-state index >= 15 is 0 Å². The van der Waals surface area contributed by atoms with E-state index in [1.54, 1.807) is 12.1 Å². The van der Waals surface area contributed by atoms with Gasteiger partial charge in [-0.15, -0.1) is 0 Å². The minimum Gasteiger partial charge on any atom is -0.293 e. The summed E-state index contributed by atoms with van der Waals surface area (Å²) in [6.07, 6.45) is 10.3. The van der Waals surface area contributed by atoms with Crippen molar-refractivity contribution in [3.05, 3.63) is 94.8 Å². The summed E-state index contributed by atoms with van der Waals surface area (Å²) in [5.41, 5.74) is 5.31. The summed E-state index contributed by atoms with van der Waals surface area (Å²) in [5.74, 6) is -0.110. The summed E-state index contributed by atoms with van der Waals surface area (Å²) in [4.78, 5) is 5.20. The highest BCUT2D eigenvalue weighted by molar-refractivity contribution is 5.37. The highest BCUT2D eigenvalue weighted by atomic mass is 19.1. The predicted molar refractivity (Wildman–Crippen MR) is 112 cm³/mol. The number of rotatable bonds is 4. The summed E-state index contributed by atoms with van der Waals surface area (Å²) in [7, 11) is 0. The van der Waals surface area contributed by atoms with Crippen LogP contribution in [0.25, 0.3) is 0 Å². The molecule has 1 unspecified atom stereocenters. The van der Waals surface area contributed by atoms with Crippen LogP contribution in [0.1, 0.15) is 35.6 Å². The molecule has 28 heavy (non-hydrogen) atoms. The quantitative estimate of drug-likeness (QED) is 0.752. The molecule has 0 radical (unpaired) electrons. The summed E-state index contributed by atoms with van der Waals surface area (Å²) < 4.78 is 13.5. The van der Waals surface area contributed by atoms with Crippen molar-refractivity contribution in [3.8, 4) is 0 Å². The lowest BCUT2D eigenvalue weighted by atomic mass is 9.89. The maximum atomic E-state index is 13.5. The number of likely N-dealkylation sites (tertiary alicyclic amines) is 1. The average molecular weight is 375 g/mol. The molecule has 0 N–H and O–H groups in total. The van der Waals surface area contributed by atoms with Crippen molar-refractivity contribution in [3.63, 3.8) is 0 Å². The van der Waals surface area contributed by atoms with Crippen LogP contribution in [0.3, 0.4) is 0 Å². The molecule has 1 atom stereocenters. The van der Waals surface area contributed by atoms with Crippen molar-refractivity contribution in [1.82, 2.24) is 9.80 Å². The second kappa shape index (κ2) is 7.65. The summed E-state index contributed by atoms with van der Waals surface area (Å²) in [6, 6.07) is 17.1. The van der Waals surface area contributed by atoms with Crippen LogP contribution in [-0.4, -0.2) is 35.5 Å². The van der Waals surface area contributed by atoms with Gasteiger partial charge in [-0.3, -0.25) is 9.80 Å². The Bertz CT molecular complexity index is 896. The van der Waals surface area contributed by atoms with Gasteiger partial charge in [-0.25, -0.2) is 4.39 Å². The van der Waals surface area contributed by atoms with E-state index in [1.807, 2.05) is 6.07 Å². The average Bonchev–Trinajstić information content (AvgIpc) is 2.71. The van der Waals surface area contributed by atoms with Gasteiger partial charge in [-0.1, -0.05) is 54.6 Å². The van der Waals surface area contributed by atoms with Crippen LogP contribution in [-0.2, 0) is 13.0 Å². The third-order valence-electron chi connectivity index (χ3n) is 6.44. The summed E-state index contributed by atoms with van der Waals surface area (Å²) >= 11 is 0. The Morgan fingerprint density at radius 1 is 0.964 bits per heavy atom. The van der Waals surface area contributed by atoms with Crippen molar-refractivity contribution in [2.75, 3.05) is 19.6 Å². The first-order chi connectivity index (χ1) is 13.8. The van der Waals surface area contributed by atoms with Crippen molar-refractivity contribution < 1.29 is 4.39 Å². The lowest BCUT2D eigenvalue weighted by Gasteiger charge is -2.50. The molecule has 0 aromatic heterocycles. The maximum absolute atomic E-state index is 13.5. The molecule has 0 spiro atoms. The maximum Gasteiger partial charge on any atom is 0.123 e. The molecular formula is C25H27FN2. The van der Waals surface area contributed by atoms with Crippen LogP contribution in [0.4, 0.5) is 4.39 Å². The minimum absolute atomic E-state index is 0.110. The van der Waals surface area contributed by atoms with Crippen molar-refractivity contribution in [2.45, 2.75) is 37.9 Å². The van der Waals surface area contributed by atoms with Crippen LogP contribution >= 0.6 is 0 Å². The largest absolute Gasteiger partial charge is 0.293 e. The summed E-state index contributed by atoms with van der Waals surface area (Å²) in [5, 5.41) is 0. The minimum atomic E-state index is -0.110. The van der Waals surface area contributed by atoms with Crippen molar-refractivity contribution >= 4 is 0 Å². The molecule has 0 bridgehead atoms. The number of hydrogen-bond donors (Lipinski definition) is 0. The van der Waals surface area contributed by atoms with Gasteiger partial charge in [0.05, 0.1) is 6.04 Å². The van der Waals surface area contributed by atoms with Gasteiger partial charge in [0, 0.05) is 32.2 Å². The molecule has 1 saturated heterocycles. The molecule has 2 heterocycles. The van der Waals surface area contributed by atoms with Gasteiger partial charge in [-0.2, -0.15) is 0 Å². The standard InChI is InChI=1S/C25H27FN2/c26-23-12-11-22-16-27(14-13-21(22)15-23)24-17-28(18-24)25(19-7-3-1-4-8-19)20-9-5-2-6-10-20/h1,3-5,7-12,15,24-25H,2,6,13-14,16-18H2. The van der Waals surface area contributed by atoms with Gasteiger partial charge in [0.15, 0.2) is 0 Å². The van der Waals surface area contributed by atoms with Gasteiger partial charge >= 0.3 is 0 Å². The number of allylic oxidation sites excluding steroid dienone is 2. The topological polar surface area (TPSA) is 6.48 Å². The monoisotopic (exact) mass is 374 g/mol. The predicted octanol–water partition coefficient (Wildman–Crippen LogP) is 4.89. The fourth-order valence-corrected chi connectivity index (χ4v) is 4.87. The molecule has 1 aliphatic carbocycles. The normalized spacial score (nSPS) is 21.7. The van der Waals surface area contributed by atoms with Gasteiger partial charge in [-0.05, 0) is 53.7 Å². The third-order valence-corrected chi connectivity index (χ3v) is 6.44. The molecule has 2 aliphatic heterocycles. The Labute approximate surface area is 167 Å². The number of hydrogen-bond acceptors (Lipinski definition) is 2. The molecule has 3 heteroatoms. The van der Waals surface area contributed by atoms with E-state index < -0.39 is 0 Å². The van der Waals surface area contributed by atoms with E-state index in [4.69, 9.17) is 0 Å². The van der Waals surface area contributed by atoms with Crippen LogP contribution in [0.2, 0.25) is 0 Å². The lowest BCUT2D eigenvalue weighted by Crippen LogP contribution is -2.60. The van der Waals surface area contributed by atoms with Gasteiger partial charge in [0.25, 0.3) is 0 Å². The highest BCUT2D eigenvalue weighted by Gasteiger charge is 2.38. The molecule has 0 saturated carbocycles. The first kappa shape index (κ1) is 17.8. The second-order valence-electron chi connectivity index (χ2n) is 8.24. The molecule has 2 aromatic carbocycles. The molecule has 5 rings (SSSR count). The Hall–Kier alpha value is -2.23. The van der Waals surface area contributed by atoms with E-state index in [0.717, 1.165) is 45.4 Å². The fourth-order valence-electron chi connectivity index (χ4n) is 4.87. The first-order valence-corrected chi connectivity index (χ1v) is 10.4. The molecule has 2 aromatic rings. The van der Waals surface area contributed by atoms with Gasteiger partial charge in [0.2, 0.25) is 0 Å². The zero-order valence-electron chi connectivity index (χ0n) is 16.2. The molecule has 0 amide bonds. The van der Waals surface area contributed by atoms with Crippen LogP contribution in [0.15, 0.2) is 72.3 Å². The summed E-state index contributed by atoms with van der Waals surface area (Å²) in [6.45, 7) is 4.18. The van der Waals surface area contributed by atoms with Crippen LogP contribution in [0, 0.1) is 5.82 Å². The first-order valence-electron chi connectivity index (χ1n) is 10.4. The number of benzene rings is 2. The zero-order valence-corrected chi connectivity index (χ0v) is 16.2. The van der Waals surface area contributed by atoms with Crippen LogP contribution in [0.5, 0.6) is 0 Å². The SMILES string of the molecule is Fc1ccc2c(c1)CCN(C1CN(C(C3=CCCC=C3)c3ccccc3)C1)C2. The Balaban J connectivity index is 1.30. The number of fused-ring (bicyclic) bond motifs is 1. The Kier molecular flexibility index (Phi) is 4.87. The van der Waals surface area contributed by atoms with E-state index in [9.17, 15) is 4.39 Å². The molecule has 2 nitrogen and oxygen atoms in total. The highest BCUT2D eigenvalue weighted by Crippen LogP contribution is 2.36. The van der Waals surface area contributed by atoms with Crippen molar-refractivity contribution in [1.29, 1.82) is 0 Å². The smallest absolute Gasteiger partial charge is 0.123 e. The Morgan fingerprint density at radius 3 is 2.61 bits per heavy atom. The Morgan fingerprint density at radius 2 is 1.82 bits per heavy atom. The molecule has 3 aliphatic rings.